The summed E-state index contributed by atoms with van der Waals surface area (Å²) in [6.07, 6.45) is 5.22. The number of carbonyl (C=O) groups excluding carboxylic acids is 1. The van der Waals surface area contributed by atoms with Crippen LogP contribution in [0.1, 0.15) is 28.6 Å². The van der Waals surface area contributed by atoms with Gasteiger partial charge in [0.05, 0.1) is 25.3 Å². The number of H-pyrrole nitrogens is 1. The minimum atomic E-state index is -0.259. The fourth-order valence-corrected chi connectivity index (χ4v) is 4.35. The number of nitrogens with zero attached hydrogens (tertiary/aromatic N) is 4. The Morgan fingerprint density at radius 3 is 2.67 bits per heavy atom. The molecule has 5 rings (SSSR count). The Kier molecular flexibility index (Phi) is 5.51. The van der Waals surface area contributed by atoms with Crippen molar-refractivity contribution in [1.82, 2.24) is 24.8 Å². The number of hydrogen-bond donors (Lipinski definition) is 2. The molecule has 1 amide bonds. The van der Waals surface area contributed by atoms with Gasteiger partial charge in [0, 0.05) is 52.9 Å². The Bertz CT molecular complexity index is 1300. The summed E-state index contributed by atoms with van der Waals surface area (Å²) in [5.74, 6) is 0.339. The molecule has 8 nitrogen and oxygen atoms in total. The number of rotatable bonds is 4. The van der Waals surface area contributed by atoms with Gasteiger partial charge in [0.15, 0.2) is 0 Å². The van der Waals surface area contributed by atoms with Crippen molar-refractivity contribution in [3.8, 4) is 11.1 Å². The van der Waals surface area contributed by atoms with Crippen LogP contribution in [0.25, 0.3) is 22.0 Å². The molecular weight excluding hydrogens is 416 g/mol. The van der Waals surface area contributed by atoms with Crippen LogP contribution in [0.3, 0.4) is 0 Å². The van der Waals surface area contributed by atoms with Gasteiger partial charge in [-0.2, -0.15) is 0 Å². The molecule has 0 aliphatic carbocycles. The quantitative estimate of drug-likeness (QED) is 0.501. The lowest BCUT2D eigenvalue weighted by Crippen LogP contribution is -2.43. The van der Waals surface area contributed by atoms with Crippen molar-refractivity contribution in [3.63, 3.8) is 0 Å². The number of hydrogen-bond acceptors (Lipinski definition) is 6. The van der Waals surface area contributed by atoms with E-state index in [1.807, 2.05) is 30.0 Å². The Morgan fingerprint density at radius 2 is 1.91 bits per heavy atom. The maximum atomic E-state index is 13.2. The molecule has 33 heavy (non-hydrogen) atoms. The molecule has 0 spiro atoms. The molecule has 1 fully saturated rings. The average Bonchev–Trinajstić information content (AvgIpc) is 3.16. The van der Waals surface area contributed by atoms with Gasteiger partial charge in [-0.15, -0.1) is 0 Å². The molecule has 4 heterocycles. The van der Waals surface area contributed by atoms with E-state index in [0.717, 1.165) is 39.0 Å². The topological polar surface area (TPSA) is 110 Å². The number of nitrogens with one attached hydrogen (secondary N) is 1. The molecule has 8 heteroatoms. The number of aromatic amines is 1. The van der Waals surface area contributed by atoms with Gasteiger partial charge in [-0.3, -0.25) is 9.78 Å². The summed E-state index contributed by atoms with van der Waals surface area (Å²) in [6.45, 7) is 5.65. The minimum Gasteiger partial charge on any atom is -0.368 e. The Morgan fingerprint density at radius 1 is 1.12 bits per heavy atom. The van der Waals surface area contributed by atoms with Crippen LogP contribution >= 0.6 is 0 Å². The summed E-state index contributed by atoms with van der Waals surface area (Å²) >= 11 is 0. The maximum absolute atomic E-state index is 13.2. The molecule has 1 atom stereocenters. The van der Waals surface area contributed by atoms with E-state index >= 15 is 0 Å². The first-order valence-corrected chi connectivity index (χ1v) is 11.0. The van der Waals surface area contributed by atoms with E-state index < -0.39 is 0 Å². The molecule has 1 saturated heterocycles. The summed E-state index contributed by atoms with van der Waals surface area (Å²) < 4.78 is 5.95. The van der Waals surface area contributed by atoms with Crippen LogP contribution in [-0.2, 0) is 16.0 Å². The number of aryl methyl sites for hydroxylation is 2. The summed E-state index contributed by atoms with van der Waals surface area (Å²) in [6, 6.07) is 10.1. The van der Waals surface area contributed by atoms with Crippen LogP contribution in [0.5, 0.6) is 0 Å². The van der Waals surface area contributed by atoms with E-state index in [2.05, 4.69) is 39.0 Å². The first kappa shape index (κ1) is 21.1. The fraction of sp³-hybridized carbons (Fsp3) is 0.280. The van der Waals surface area contributed by atoms with Crippen molar-refractivity contribution in [1.29, 1.82) is 0 Å². The van der Waals surface area contributed by atoms with Crippen LogP contribution in [-0.4, -0.2) is 50.4 Å². The minimum absolute atomic E-state index is 0.101. The number of benzene rings is 1. The number of anilines is 1. The van der Waals surface area contributed by atoms with Gasteiger partial charge in [0.2, 0.25) is 11.9 Å². The molecular formula is C25H26N6O2. The standard InChI is InChI=1S/C25H26N6O2/c1-15-4-3-5-19-20(16(2)30-24(15)19)10-23(32)31-8-9-33-22(14-31)21-7-6-17(11-27-21)18-12-28-25(26)29-13-18/h3-7,11-13,22,30H,8-10,14H2,1-2H3,(H2,26,28,29). The van der Waals surface area contributed by atoms with Crippen molar-refractivity contribution in [3.05, 3.63) is 71.4 Å². The number of nitrogen functional groups attached to an aromatic ring is 1. The lowest BCUT2D eigenvalue weighted by atomic mass is 10.0. The molecule has 1 unspecified atom stereocenters. The lowest BCUT2D eigenvalue weighted by Gasteiger charge is -2.33. The van der Waals surface area contributed by atoms with Crippen LogP contribution in [0.15, 0.2) is 48.9 Å². The highest BCUT2D eigenvalue weighted by Crippen LogP contribution is 2.27. The lowest BCUT2D eigenvalue weighted by molar-refractivity contribution is -0.138. The van der Waals surface area contributed by atoms with Crippen LogP contribution in [0, 0.1) is 13.8 Å². The van der Waals surface area contributed by atoms with E-state index in [0.29, 0.717) is 26.1 Å². The average molecular weight is 443 g/mol. The van der Waals surface area contributed by atoms with Gasteiger partial charge in [-0.1, -0.05) is 24.3 Å². The van der Waals surface area contributed by atoms with Crippen LogP contribution in [0.2, 0.25) is 0 Å². The second kappa shape index (κ2) is 8.63. The van der Waals surface area contributed by atoms with Crippen molar-refractivity contribution < 1.29 is 9.53 Å². The van der Waals surface area contributed by atoms with Crippen LogP contribution in [0.4, 0.5) is 5.95 Å². The highest BCUT2D eigenvalue weighted by molar-refractivity contribution is 5.91. The number of fused-ring (bicyclic) bond motifs is 1. The number of para-hydroxylation sites is 1. The van der Waals surface area contributed by atoms with Gasteiger partial charge >= 0.3 is 0 Å². The Hall–Kier alpha value is -3.78. The third-order valence-electron chi connectivity index (χ3n) is 6.23. The largest absolute Gasteiger partial charge is 0.368 e. The molecule has 168 valence electrons. The number of pyridine rings is 1. The van der Waals surface area contributed by atoms with Crippen molar-refractivity contribution >= 4 is 22.8 Å². The Labute approximate surface area is 191 Å². The summed E-state index contributed by atoms with van der Waals surface area (Å²) in [5.41, 5.74) is 12.5. The van der Waals surface area contributed by atoms with Crippen LogP contribution < -0.4 is 5.73 Å². The third kappa shape index (κ3) is 4.17. The molecule has 1 aliphatic rings. The molecule has 3 N–H and O–H groups in total. The van der Waals surface area contributed by atoms with E-state index in [4.69, 9.17) is 10.5 Å². The normalized spacial score (nSPS) is 16.3. The van der Waals surface area contributed by atoms with E-state index in [9.17, 15) is 4.79 Å². The number of ether oxygens (including phenoxy) is 1. The van der Waals surface area contributed by atoms with Crippen molar-refractivity contribution in [2.45, 2.75) is 26.4 Å². The van der Waals surface area contributed by atoms with Gasteiger partial charge in [0.1, 0.15) is 6.10 Å². The molecule has 1 aliphatic heterocycles. The first-order chi connectivity index (χ1) is 16.0. The molecule has 0 bridgehead atoms. The van der Waals surface area contributed by atoms with E-state index in [1.165, 1.54) is 5.56 Å². The molecule has 1 aromatic carbocycles. The predicted molar refractivity (Wildman–Crippen MR) is 126 cm³/mol. The zero-order valence-electron chi connectivity index (χ0n) is 18.7. The third-order valence-corrected chi connectivity index (χ3v) is 6.23. The fourth-order valence-electron chi connectivity index (χ4n) is 4.35. The zero-order valence-corrected chi connectivity index (χ0v) is 18.7. The molecule has 0 saturated carbocycles. The van der Waals surface area contributed by atoms with E-state index in [-0.39, 0.29) is 18.0 Å². The number of amides is 1. The highest BCUT2D eigenvalue weighted by Gasteiger charge is 2.27. The zero-order chi connectivity index (χ0) is 22.9. The molecule has 4 aromatic rings. The van der Waals surface area contributed by atoms with Gasteiger partial charge in [-0.25, -0.2) is 9.97 Å². The second-order valence-electron chi connectivity index (χ2n) is 8.40. The molecule has 0 radical (unpaired) electrons. The Balaban J connectivity index is 1.30. The first-order valence-electron chi connectivity index (χ1n) is 11.0. The maximum Gasteiger partial charge on any atom is 0.227 e. The number of aromatic nitrogens is 4. The second-order valence-corrected chi connectivity index (χ2v) is 8.40. The van der Waals surface area contributed by atoms with Gasteiger partial charge in [-0.05, 0) is 31.0 Å². The number of carbonyl (C=O) groups is 1. The van der Waals surface area contributed by atoms with Crippen molar-refractivity contribution in [2.24, 2.45) is 0 Å². The van der Waals surface area contributed by atoms with Gasteiger partial charge < -0.3 is 20.4 Å². The highest BCUT2D eigenvalue weighted by atomic mass is 16.5. The van der Waals surface area contributed by atoms with Gasteiger partial charge in [0.25, 0.3) is 0 Å². The monoisotopic (exact) mass is 442 g/mol. The number of morpholine rings is 1. The SMILES string of the molecule is Cc1[nH]c2c(C)cccc2c1CC(=O)N1CCOC(c2ccc(-c3cnc(N)nc3)cn2)C1. The summed E-state index contributed by atoms with van der Waals surface area (Å²) in [5, 5.41) is 1.12. The number of nitrogens with two attached hydrogens (primary N) is 1. The van der Waals surface area contributed by atoms with Crippen molar-refractivity contribution in [2.75, 3.05) is 25.4 Å². The predicted octanol–water partition coefficient (Wildman–Crippen LogP) is 3.36. The molecule has 3 aromatic heterocycles. The smallest absolute Gasteiger partial charge is 0.227 e. The van der Waals surface area contributed by atoms with E-state index in [1.54, 1.807) is 18.6 Å². The summed E-state index contributed by atoms with van der Waals surface area (Å²) in [7, 11) is 0. The summed E-state index contributed by atoms with van der Waals surface area (Å²) in [4.78, 5) is 31.2.